The standard InChI is InChI=1S/C20H21N3O4/c21-12-13(20(24)25)11-16-19(27-15-5-1-2-6-15)22-18-17(9-4-10-23(16)18)26-14-7-3-8-14/h4,9-11,14-15H,1-3,5-8H2,(H,24,25). The molecule has 0 radical (unpaired) electrons. The van der Waals surface area contributed by atoms with Crippen molar-refractivity contribution in [3.05, 3.63) is 29.6 Å². The molecule has 2 aliphatic rings. The number of imidazole rings is 1. The fourth-order valence-electron chi connectivity index (χ4n) is 3.46. The van der Waals surface area contributed by atoms with Gasteiger partial charge < -0.3 is 14.6 Å². The van der Waals surface area contributed by atoms with Crippen LogP contribution in [0.3, 0.4) is 0 Å². The summed E-state index contributed by atoms with van der Waals surface area (Å²) in [5.41, 5.74) is 0.666. The zero-order valence-electron chi connectivity index (χ0n) is 14.9. The van der Waals surface area contributed by atoms with Crippen molar-refractivity contribution >= 4 is 17.7 Å². The topological polar surface area (TPSA) is 96.9 Å². The number of hydrogen-bond donors (Lipinski definition) is 1. The molecular formula is C20H21N3O4. The summed E-state index contributed by atoms with van der Waals surface area (Å²) >= 11 is 0. The lowest BCUT2D eigenvalue weighted by molar-refractivity contribution is -0.132. The largest absolute Gasteiger partial charge is 0.487 e. The Morgan fingerprint density at radius 1 is 1.22 bits per heavy atom. The Morgan fingerprint density at radius 2 is 1.93 bits per heavy atom. The van der Waals surface area contributed by atoms with E-state index >= 15 is 0 Å². The molecule has 4 rings (SSSR count). The normalized spacial score (nSPS) is 18.3. The first-order valence-corrected chi connectivity index (χ1v) is 9.35. The molecule has 2 heterocycles. The Labute approximate surface area is 156 Å². The van der Waals surface area contributed by atoms with Gasteiger partial charge in [-0.2, -0.15) is 10.2 Å². The van der Waals surface area contributed by atoms with Gasteiger partial charge in [0.2, 0.25) is 5.88 Å². The highest BCUT2D eigenvalue weighted by molar-refractivity contribution is 5.96. The predicted octanol–water partition coefficient (Wildman–Crippen LogP) is 3.58. The zero-order valence-corrected chi connectivity index (χ0v) is 14.9. The molecule has 0 atom stereocenters. The first-order valence-electron chi connectivity index (χ1n) is 9.35. The number of nitriles is 1. The van der Waals surface area contributed by atoms with Crippen LogP contribution in [0.4, 0.5) is 0 Å². The second kappa shape index (κ2) is 7.31. The van der Waals surface area contributed by atoms with E-state index in [4.69, 9.17) is 14.7 Å². The minimum absolute atomic E-state index is 0.0634. The third-order valence-corrected chi connectivity index (χ3v) is 5.18. The van der Waals surface area contributed by atoms with Gasteiger partial charge in [-0.25, -0.2) is 4.79 Å². The van der Waals surface area contributed by atoms with E-state index in [1.165, 1.54) is 6.08 Å². The Balaban J connectivity index is 1.79. The molecule has 2 aliphatic carbocycles. The van der Waals surface area contributed by atoms with Gasteiger partial charge in [-0.3, -0.25) is 4.40 Å². The number of fused-ring (bicyclic) bond motifs is 1. The second-order valence-electron chi connectivity index (χ2n) is 7.04. The first-order chi connectivity index (χ1) is 13.2. The van der Waals surface area contributed by atoms with Gasteiger partial charge in [0.1, 0.15) is 23.4 Å². The molecule has 0 unspecified atom stereocenters. The Morgan fingerprint density at radius 3 is 2.56 bits per heavy atom. The summed E-state index contributed by atoms with van der Waals surface area (Å²) in [5, 5.41) is 18.4. The van der Waals surface area contributed by atoms with E-state index in [0.29, 0.717) is 23.0 Å². The lowest BCUT2D eigenvalue weighted by Crippen LogP contribution is -2.24. The van der Waals surface area contributed by atoms with Gasteiger partial charge in [0.15, 0.2) is 11.4 Å². The van der Waals surface area contributed by atoms with E-state index in [1.807, 2.05) is 12.1 Å². The molecule has 0 spiro atoms. The highest BCUT2D eigenvalue weighted by Gasteiger charge is 2.25. The van der Waals surface area contributed by atoms with Crippen molar-refractivity contribution in [3.63, 3.8) is 0 Å². The molecule has 140 valence electrons. The molecule has 7 nitrogen and oxygen atoms in total. The van der Waals surface area contributed by atoms with Crippen LogP contribution in [-0.2, 0) is 4.79 Å². The average molecular weight is 367 g/mol. The number of pyridine rings is 1. The van der Waals surface area contributed by atoms with Crippen LogP contribution in [0.5, 0.6) is 11.6 Å². The number of carboxylic acid groups (broad SMARTS) is 1. The van der Waals surface area contributed by atoms with Gasteiger partial charge >= 0.3 is 5.97 Å². The van der Waals surface area contributed by atoms with Gasteiger partial charge in [0.25, 0.3) is 0 Å². The van der Waals surface area contributed by atoms with Gasteiger partial charge in [-0.05, 0) is 63.2 Å². The third kappa shape index (κ3) is 3.47. The quantitative estimate of drug-likeness (QED) is 0.619. The predicted molar refractivity (Wildman–Crippen MR) is 97.6 cm³/mol. The van der Waals surface area contributed by atoms with E-state index in [2.05, 4.69) is 4.98 Å². The molecular weight excluding hydrogens is 346 g/mol. The molecule has 0 bridgehead atoms. The third-order valence-electron chi connectivity index (χ3n) is 5.18. The summed E-state index contributed by atoms with van der Waals surface area (Å²) in [6.45, 7) is 0. The highest BCUT2D eigenvalue weighted by Crippen LogP contribution is 2.33. The van der Waals surface area contributed by atoms with Crippen molar-refractivity contribution in [1.29, 1.82) is 5.26 Å². The summed E-state index contributed by atoms with van der Waals surface area (Å²) in [6.07, 6.45) is 10.7. The van der Waals surface area contributed by atoms with E-state index in [0.717, 1.165) is 44.9 Å². The van der Waals surface area contributed by atoms with Gasteiger partial charge in [-0.15, -0.1) is 0 Å². The average Bonchev–Trinajstić information content (AvgIpc) is 3.24. The first kappa shape index (κ1) is 17.4. The molecule has 0 saturated heterocycles. The van der Waals surface area contributed by atoms with E-state index < -0.39 is 5.97 Å². The summed E-state index contributed by atoms with van der Waals surface area (Å²) in [5.74, 6) is -0.284. The number of aromatic nitrogens is 2. The second-order valence-corrected chi connectivity index (χ2v) is 7.04. The fraction of sp³-hybridized carbons (Fsp3) is 0.450. The number of rotatable bonds is 6. The lowest BCUT2D eigenvalue weighted by Gasteiger charge is -2.26. The van der Waals surface area contributed by atoms with Crippen molar-refractivity contribution < 1.29 is 19.4 Å². The number of carboxylic acids is 1. The maximum Gasteiger partial charge on any atom is 0.346 e. The molecule has 1 N–H and O–H groups in total. The molecule has 7 heteroatoms. The number of hydrogen-bond acceptors (Lipinski definition) is 5. The van der Waals surface area contributed by atoms with Crippen LogP contribution >= 0.6 is 0 Å². The molecule has 2 aromatic rings. The maximum atomic E-state index is 11.3. The Hall–Kier alpha value is -3.01. The molecule has 27 heavy (non-hydrogen) atoms. The summed E-state index contributed by atoms with van der Waals surface area (Å²) < 4.78 is 13.9. The van der Waals surface area contributed by atoms with Crippen LogP contribution < -0.4 is 9.47 Å². The van der Waals surface area contributed by atoms with Crippen LogP contribution in [0.15, 0.2) is 23.9 Å². The van der Waals surface area contributed by atoms with Gasteiger partial charge in [-0.1, -0.05) is 0 Å². The van der Waals surface area contributed by atoms with Crippen molar-refractivity contribution in [3.8, 4) is 17.7 Å². The number of ether oxygens (including phenoxy) is 2. The molecule has 0 aromatic carbocycles. The van der Waals surface area contributed by atoms with Crippen LogP contribution in [-0.4, -0.2) is 32.7 Å². The van der Waals surface area contributed by atoms with E-state index in [9.17, 15) is 9.90 Å². The fourth-order valence-corrected chi connectivity index (χ4v) is 3.46. The monoisotopic (exact) mass is 367 g/mol. The zero-order chi connectivity index (χ0) is 18.8. The van der Waals surface area contributed by atoms with Crippen molar-refractivity contribution in [2.24, 2.45) is 0 Å². The smallest absolute Gasteiger partial charge is 0.346 e. The Bertz CT molecular complexity index is 931. The maximum absolute atomic E-state index is 11.3. The van der Waals surface area contributed by atoms with Gasteiger partial charge in [0, 0.05) is 6.20 Å². The molecule has 2 fully saturated rings. The highest BCUT2D eigenvalue weighted by atomic mass is 16.5. The molecule has 0 aliphatic heterocycles. The number of nitrogens with zero attached hydrogens (tertiary/aromatic N) is 3. The van der Waals surface area contributed by atoms with Crippen LogP contribution in [0.25, 0.3) is 11.7 Å². The van der Waals surface area contributed by atoms with E-state index in [1.54, 1.807) is 16.7 Å². The minimum atomic E-state index is -1.28. The van der Waals surface area contributed by atoms with Crippen LogP contribution in [0.1, 0.15) is 50.6 Å². The van der Waals surface area contributed by atoms with Crippen LogP contribution in [0, 0.1) is 11.3 Å². The Kier molecular flexibility index (Phi) is 4.71. The SMILES string of the molecule is N#CC(=Cc1c(OC2CCCC2)nc2c(OC3CCC3)cccn12)C(=O)O. The van der Waals surface area contributed by atoms with E-state index in [-0.39, 0.29) is 17.8 Å². The molecule has 0 amide bonds. The summed E-state index contributed by atoms with van der Waals surface area (Å²) in [6, 6.07) is 5.41. The lowest BCUT2D eigenvalue weighted by atomic mass is 9.96. The minimum Gasteiger partial charge on any atom is -0.487 e. The van der Waals surface area contributed by atoms with Crippen LogP contribution in [0.2, 0.25) is 0 Å². The number of aliphatic carboxylic acids is 1. The van der Waals surface area contributed by atoms with Gasteiger partial charge in [0.05, 0.1) is 6.10 Å². The summed E-state index contributed by atoms with van der Waals surface area (Å²) in [7, 11) is 0. The molecule has 2 saturated carbocycles. The van der Waals surface area contributed by atoms with Crippen molar-refractivity contribution in [2.75, 3.05) is 0 Å². The van der Waals surface area contributed by atoms with Crippen molar-refractivity contribution in [1.82, 2.24) is 9.38 Å². The number of carbonyl (C=O) groups is 1. The van der Waals surface area contributed by atoms with Crippen molar-refractivity contribution in [2.45, 2.75) is 57.2 Å². The molecule has 2 aromatic heterocycles. The summed E-state index contributed by atoms with van der Waals surface area (Å²) in [4.78, 5) is 15.9.